The van der Waals surface area contributed by atoms with Gasteiger partial charge >= 0.3 is 0 Å². The zero-order chi connectivity index (χ0) is 12.5. The first-order valence-corrected chi connectivity index (χ1v) is 6.15. The average molecular weight is 239 g/mol. The Hall–Kier alpha value is -0.940. The van der Waals surface area contributed by atoms with Crippen molar-refractivity contribution >= 4 is 0 Å². The zero-order valence-electron chi connectivity index (χ0n) is 11.0. The predicted octanol–water partition coefficient (Wildman–Crippen LogP) is 1.81. The molecular formula is C12H21N3O2. The normalized spacial score (nSPS) is 26.1. The first kappa shape index (κ1) is 12.5. The van der Waals surface area contributed by atoms with Gasteiger partial charge in [-0.15, -0.1) is 0 Å². The van der Waals surface area contributed by atoms with E-state index in [1.807, 2.05) is 13.8 Å². The van der Waals surface area contributed by atoms with Gasteiger partial charge in [-0.05, 0) is 33.6 Å². The lowest BCUT2D eigenvalue weighted by Crippen LogP contribution is -2.36. The van der Waals surface area contributed by atoms with Gasteiger partial charge in [0.15, 0.2) is 5.82 Å². The van der Waals surface area contributed by atoms with Crippen LogP contribution in [0.3, 0.4) is 0 Å². The first-order valence-electron chi connectivity index (χ1n) is 6.15. The highest BCUT2D eigenvalue weighted by Gasteiger charge is 2.30. The van der Waals surface area contributed by atoms with Crippen LogP contribution in [0.4, 0.5) is 0 Å². The van der Waals surface area contributed by atoms with Crippen LogP contribution in [-0.2, 0) is 10.3 Å². The molecule has 1 aromatic rings. The summed E-state index contributed by atoms with van der Waals surface area (Å²) in [4.78, 5) is 4.46. The van der Waals surface area contributed by atoms with Gasteiger partial charge in [0.2, 0.25) is 0 Å². The molecule has 5 heteroatoms. The molecule has 0 unspecified atom stereocenters. The van der Waals surface area contributed by atoms with E-state index in [9.17, 15) is 0 Å². The van der Waals surface area contributed by atoms with Crippen molar-refractivity contribution in [3.05, 3.63) is 11.7 Å². The van der Waals surface area contributed by atoms with Gasteiger partial charge in [0, 0.05) is 25.6 Å². The molecule has 2 rings (SSSR count). The Labute approximate surface area is 102 Å². The van der Waals surface area contributed by atoms with Crippen molar-refractivity contribution in [3.63, 3.8) is 0 Å². The summed E-state index contributed by atoms with van der Waals surface area (Å²) in [6, 6.07) is 0.591. The number of hydrogen-bond donors (Lipinski definition) is 1. The smallest absolute Gasteiger partial charge is 0.258 e. The van der Waals surface area contributed by atoms with Gasteiger partial charge in [-0.1, -0.05) is 5.16 Å². The van der Waals surface area contributed by atoms with Gasteiger partial charge in [-0.3, -0.25) is 0 Å². The van der Waals surface area contributed by atoms with Crippen LogP contribution in [0.15, 0.2) is 4.52 Å². The summed E-state index contributed by atoms with van der Waals surface area (Å²) in [6.07, 6.45) is 2.27. The van der Waals surface area contributed by atoms with E-state index in [1.54, 1.807) is 7.11 Å². The number of nitrogens with one attached hydrogen (secondary N) is 1. The summed E-state index contributed by atoms with van der Waals surface area (Å²) in [5, 5.41) is 7.51. The van der Waals surface area contributed by atoms with Crippen LogP contribution >= 0.6 is 0 Å². The monoisotopic (exact) mass is 239 g/mol. The van der Waals surface area contributed by atoms with Crippen LogP contribution in [0.2, 0.25) is 0 Å². The second-order valence-corrected chi connectivity index (χ2v) is 5.26. The second-order valence-electron chi connectivity index (χ2n) is 5.26. The number of piperidine rings is 1. The standard InChI is InChI=1S/C12H21N3O2/c1-8-5-6-9(7-13-8)10-14-11(17-15-10)12(2,3)16-4/h8-9,13H,5-7H2,1-4H3/t8-,9-/m1/s1. The van der Waals surface area contributed by atoms with Gasteiger partial charge in [-0.2, -0.15) is 4.98 Å². The van der Waals surface area contributed by atoms with Crippen LogP contribution in [0.25, 0.3) is 0 Å². The number of nitrogens with zero attached hydrogens (tertiary/aromatic N) is 2. The lowest BCUT2D eigenvalue weighted by Gasteiger charge is -2.25. The maximum Gasteiger partial charge on any atom is 0.258 e. The SMILES string of the molecule is COC(C)(C)c1nc([C@@H]2CC[C@@H](C)NC2)no1. The van der Waals surface area contributed by atoms with E-state index in [1.165, 1.54) is 0 Å². The summed E-state index contributed by atoms with van der Waals surface area (Å²) < 4.78 is 10.6. The molecule has 0 radical (unpaired) electrons. The first-order chi connectivity index (χ1) is 8.03. The molecule has 1 aliphatic heterocycles. The Kier molecular flexibility index (Phi) is 3.49. The van der Waals surface area contributed by atoms with Crippen molar-refractivity contribution in [2.75, 3.05) is 13.7 Å². The van der Waals surface area contributed by atoms with Crippen molar-refractivity contribution in [2.24, 2.45) is 0 Å². The minimum atomic E-state index is -0.513. The number of aromatic nitrogens is 2. The molecule has 1 fully saturated rings. The molecule has 0 spiro atoms. The zero-order valence-corrected chi connectivity index (χ0v) is 11.0. The van der Waals surface area contributed by atoms with E-state index < -0.39 is 5.60 Å². The van der Waals surface area contributed by atoms with Crippen molar-refractivity contribution in [3.8, 4) is 0 Å². The van der Waals surface area contributed by atoms with E-state index in [-0.39, 0.29) is 0 Å². The van der Waals surface area contributed by atoms with E-state index in [0.717, 1.165) is 25.2 Å². The fourth-order valence-corrected chi connectivity index (χ4v) is 1.95. The van der Waals surface area contributed by atoms with E-state index in [2.05, 4.69) is 22.4 Å². The maximum atomic E-state index is 5.33. The predicted molar refractivity (Wildman–Crippen MR) is 63.8 cm³/mol. The molecule has 0 saturated carbocycles. The number of ether oxygens (including phenoxy) is 1. The van der Waals surface area contributed by atoms with Gasteiger partial charge in [0.25, 0.3) is 5.89 Å². The molecule has 17 heavy (non-hydrogen) atoms. The van der Waals surface area contributed by atoms with Crippen LogP contribution < -0.4 is 5.32 Å². The van der Waals surface area contributed by atoms with Gasteiger partial charge in [-0.25, -0.2) is 0 Å². The van der Waals surface area contributed by atoms with E-state index >= 15 is 0 Å². The Morgan fingerprint density at radius 2 is 2.18 bits per heavy atom. The number of methoxy groups -OCH3 is 1. The highest BCUT2D eigenvalue weighted by Crippen LogP contribution is 2.27. The van der Waals surface area contributed by atoms with Crippen molar-refractivity contribution in [2.45, 2.75) is 51.2 Å². The Morgan fingerprint density at radius 1 is 1.41 bits per heavy atom. The quantitative estimate of drug-likeness (QED) is 0.871. The minimum absolute atomic E-state index is 0.358. The van der Waals surface area contributed by atoms with Crippen LogP contribution in [0, 0.1) is 0 Å². The van der Waals surface area contributed by atoms with Gasteiger partial charge in [0.1, 0.15) is 5.60 Å². The molecule has 1 saturated heterocycles. The third kappa shape index (κ3) is 2.66. The summed E-state index contributed by atoms with van der Waals surface area (Å²) in [7, 11) is 1.65. The number of hydrogen-bond acceptors (Lipinski definition) is 5. The third-order valence-electron chi connectivity index (χ3n) is 3.49. The Bertz CT molecular complexity index is 368. The second kappa shape index (κ2) is 4.74. The van der Waals surface area contributed by atoms with E-state index in [4.69, 9.17) is 9.26 Å². The molecule has 1 aliphatic rings. The molecule has 0 aliphatic carbocycles. The summed E-state index contributed by atoms with van der Waals surface area (Å²) >= 11 is 0. The Balaban J connectivity index is 2.08. The average Bonchev–Trinajstić information content (AvgIpc) is 2.80. The molecular weight excluding hydrogens is 218 g/mol. The molecule has 1 N–H and O–H groups in total. The molecule has 2 heterocycles. The third-order valence-corrected chi connectivity index (χ3v) is 3.49. The van der Waals surface area contributed by atoms with Crippen LogP contribution in [-0.4, -0.2) is 29.8 Å². The van der Waals surface area contributed by atoms with Crippen LogP contribution in [0.1, 0.15) is 51.2 Å². The molecule has 0 aromatic carbocycles. The highest BCUT2D eigenvalue weighted by atomic mass is 16.5. The van der Waals surface area contributed by atoms with Crippen molar-refractivity contribution in [1.82, 2.24) is 15.5 Å². The summed E-state index contributed by atoms with van der Waals surface area (Å²) in [5.74, 6) is 1.70. The molecule has 2 atom stereocenters. The van der Waals surface area contributed by atoms with E-state index in [0.29, 0.717) is 17.9 Å². The minimum Gasteiger partial charge on any atom is -0.369 e. The molecule has 96 valence electrons. The largest absolute Gasteiger partial charge is 0.369 e. The maximum absolute atomic E-state index is 5.33. The van der Waals surface area contributed by atoms with Crippen molar-refractivity contribution in [1.29, 1.82) is 0 Å². The molecule has 0 bridgehead atoms. The highest BCUT2D eigenvalue weighted by molar-refractivity contribution is 5.02. The van der Waals surface area contributed by atoms with Gasteiger partial charge in [0.05, 0.1) is 0 Å². The molecule has 0 amide bonds. The van der Waals surface area contributed by atoms with Gasteiger partial charge < -0.3 is 14.6 Å². The fourth-order valence-electron chi connectivity index (χ4n) is 1.95. The lowest BCUT2D eigenvalue weighted by atomic mass is 9.95. The lowest BCUT2D eigenvalue weighted by molar-refractivity contribution is -0.00786. The number of rotatable bonds is 3. The van der Waals surface area contributed by atoms with Crippen molar-refractivity contribution < 1.29 is 9.26 Å². The fraction of sp³-hybridized carbons (Fsp3) is 0.833. The van der Waals surface area contributed by atoms with Crippen LogP contribution in [0.5, 0.6) is 0 Å². The molecule has 1 aromatic heterocycles. The summed E-state index contributed by atoms with van der Waals surface area (Å²) in [6.45, 7) is 6.97. The summed E-state index contributed by atoms with van der Waals surface area (Å²) in [5.41, 5.74) is -0.513. The topological polar surface area (TPSA) is 60.2 Å². The Morgan fingerprint density at radius 3 is 2.76 bits per heavy atom. The molecule has 5 nitrogen and oxygen atoms in total.